The van der Waals surface area contributed by atoms with Gasteiger partial charge in [-0.15, -0.1) is 0 Å². The summed E-state index contributed by atoms with van der Waals surface area (Å²) in [7, 11) is 0. The normalized spacial score (nSPS) is 26.9. The van der Waals surface area contributed by atoms with Crippen LogP contribution in [0.25, 0.3) is 0 Å². The lowest BCUT2D eigenvalue weighted by Crippen LogP contribution is -2.57. The molecule has 1 spiro atoms. The third-order valence-corrected chi connectivity index (χ3v) is 3.73. The molecule has 1 saturated carbocycles. The fraction of sp³-hybridized carbons (Fsp3) is 0.800. The number of carboxylic acids is 2. The van der Waals surface area contributed by atoms with Crippen molar-refractivity contribution in [3.63, 3.8) is 0 Å². The summed E-state index contributed by atoms with van der Waals surface area (Å²) < 4.78 is 5.19. The van der Waals surface area contributed by atoms with Crippen LogP contribution in [0.2, 0.25) is 0 Å². The molecule has 5 heteroatoms. The first-order valence-corrected chi connectivity index (χ1v) is 5.05. The Hall–Kier alpha value is -1.10. The van der Waals surface area contributed by atoms with E-state index in [1.807, 2.05) is 0 Å². The van der Waals surface area contributed by atoms with E-state index in [2.05, 4.69) is 0 Å². The van der Waals surface area contributed by atoms with Crippen molar-refractivity contribution in [2.75, 3.05) is 13.2 Å². The van der Waals surface area contributed by atoms with Crippen LogP contribution >= 0.6 is 0 Å². The van der Waals surface area contributed by atoms with Gasteiger partial charge in [0.05, 0.1) is 0 Å². The number of hydrogen-bond donors (Lipinski definition) is 2. The zero-order valence-electron chi connectivity index (χ0n) is 8.36. The standard InChI is InChI=1S/C10H14O5/c11-7(12)10(8(13)14)5-9(6-10)1-3-15-4-2-9/h1-6H2,(H,11,12)(H,13,14). The highest BCUT2D eigenvalue weighted by Gasteiger charge is 2.63. The molecule has 0 atom stereocenters. The molecule has 0 amide bonds. The minimum absolute atomic E-state index is 0.0883. The molecular formula is C10H14O5. The molecule has 1 aliphatic carbocycles. The summed E-state index contributed by atoms with van der Waals surface area (Å²) in [4.78, 5) is 21.9. The van der Waals surface area contributed by atoms with Crippen LogP contribution in [0.4, 0.5) is 0 Å². The second kappa shape index (κ2) is 3.20. The van der Waals surface area contributed by atoms with Crippen molar-refractivity contribution in [3.8, 4) is 0 Å². The van der Waals surface area contributed by atoms with Gasteiger partial charge in [-0.05, 0) is 31.1 Å². The maximum absolute atomic E-state index is 11.0. The molecule has 2 aliphatic rings. The van der Waals surface area contributed by atoms with Gasteiger partial charge < -0.3 is 14.9 Å². The van der Waals surface area contributed by atoms with Crippen molar-refractivity contribution < 1.29 is 24.5 Å². The molecule has 1 heterocycles. The number of aliphatic carboxylic acids is 2. The molecule has 0 aromatic heterocycles. The van der Waals surface area contributed by atoms with Crippen LogP contribution in [0.1, 0.15) is 25.7 Å². The zero-order valence-corrected chi connectivity index (χ0v) is 8.36. The average Bonchev–Trinajstić information content (AvgIpc) is 2.14. The van der Waals surface area contributed by atoms with Gasteiger partial charge in [-0.25, -0.2) is 0 Å². The molecule has 84 valence electrons. The number of hydrogen-bond acceptors (Lipinski definition) is 3. The number of ether oxygens (including phenoxy) is 1. The van der Waals surface area contributed by atoms with Gasteiger partial charge in [-0.3, -0.25) is 9.59 Å². The largest absolute Gasteiger partial charge is 0.480 e. The van der Waals surface area contributed by atoms with E-state index in [9.17, 15) is 9.59 Å². The fourth-order valence-corrected chi connectivity index (χ4v) is 2.78. The van der Waals surface area contributed by atoms with Crippen LogP contribution in [-0.4, -0.2) is 35.4 Å². The third kappa shape index (κ3) is 1.42. The Bertz CT molecular complexity index is 279. The molecule has 2 rings (SSSR count). The lowest BCUT2D eigenvalue weighted by molar-refractivity contribution is -0.190. The number of rotatable bonds is 2. The smallest absolute Gasteiger partial charge is 0.321 e. The van der Waals surface area contributed by atoms with E-state index in [1.54, 1.807) is 0 Å². The molecule has 0 radical (unpaired) electrons. The van der Waals surface area contributed by atoms with Gasteiger partial charge in [0.25, 0.3) is 0 Å². The van der Waals surface area contributed by atoms with Crippen LogP contribution in [0.15, 0.2) is 0 Å². The van der Waals surface area contributed by atoms with E-state index in [0.717, 1.165) is 12.8 Å². The minimum atomic E-state index is -1.53. The molecular weight excluding hydrogens is 200 g/mol. The fourth-order valence-electron chi connectivity index (χ4n) is 2.78. The van der Waals surface area contributed by atoms with Crippen LogP contribution < -0.4 is 0 Å². The third-order valence-electron chi connectivity index (χ3n) is 3.73. The highest BCUT2D eigenvalue weighted by molar-refractivity contribution is 5.99. The predicted octanol–water partition coefficient (Wildman–Crippen LogP) is 0.733. The number of carbonyl (C=O) groups is 2. The van der Waals surface area contributed by atoms with E-state index in [1.165, 1.54) is 0 Å². The summed E-state index contributed by atoms with van der Waals surface area (Å²) in [5.41, 5.74) is -1.62. The highest BCUT2D eigenvalue weighted by atomic mass is 16.5. The maximum atomic E-state index is 11.0. The molecule has 0 unspecified atom stereocenters. The van der Waals surface area contributed by atoms with Crippen molar-refractivity contribution >= 4 is 11.9 Å². The van der Waals surface area contributed by atoms with Crippen molar-refractivity contribution in [2.24, 2.45) is 10.8 Å². The lowest BCUT2D eigenvalue weighted by atomic mass is 9.50. The Morgan fingerprint density at radius 3 is 1.87 bits per heavy atom. The Morgan fingerprint density at radius 2 is 1.47 bits per heavy atom. The first kappa shape index (κ1) is 10.4. The maximum Gasteiger partial charge on any atom is 0.321 e. The first-order chi connectivity index (χ1) is 7.01. The predicted molar refractivity (Wildman–Crippen MR) is 49.4 cm³/mol. The Balaban J connectivity index is 2.10. The molecule has 2 fully saturated rings. The summed E-state index contributed by atoms with van der Waals surface area (Å²) in [6.45, 7) is 1.24. The summed E-state index contributed by atoms with van der Waals surface area (Å²) in [6, 6.07) is 0. The average molecular weight is 214 g/mol. The van der Waals surface area contributed by atoms with Crippen molar-refractivity contribution in [1.82, 2.24) is 0 Å². The molecule has 15 heavy (non-hydrogen) atoms. The van der Waals surface area contributed by atoms with E-state index >= 15 is 0 Å². The summed E-state index contributed by atoms with van der Waals surface area (Å²) >= 11 is 0. The minimum Gasteiger partial charge on any atom is -0.480 e. The molecule has 1 saturated heterocycles. The van der Waals surface area contributed by atoms with Crippen molar-refractivity contribution in [3.05, 3.63) is 0 Å². The van der Waals surface area contributed by atoms with Crippen molar-refractivity contribution in [2.45, 2.75) is 25.7 Å². The second-order valence-corrected chi connectivity index (χ2v) is 4.66. The highest BCUT2D eigenvalue weighted by Crippen LogP contribution is 2.59. The van der Waals surface area contributed by atoms with Crippen LogP contribution in [0.3, 0.4) is 0 Å². The van der Waals surface area contributed by atoms with Gasteiger partial charge in [0.1, 0.15) is 0 Å². The summed E-state index contributed by atoms with van der Waals surface area (Å²) in [5, 5.41) is 17.9. The number of carboxylic acid groups (broad SMARTS) is 2. The second-order valence-electron chi connectivity index (χ2n) is 4.66. The lowest BCUT2D eigenvalue weighted by Gasteiger charge is -2.53. The Morgan fingerprint density at radius 1 is 1.00 bits per heavy atom. The Kier molecular flexibility index (Phi) is 2.22. The first-order valence-electron chi connectivity index (χ1n) is 5.05. The Labute approximate surface area is 87.0 Å². The molecule has 1 aliphatic heterocycles. The van der Waals surface area contributed by atoms with E-state index in [4.69, 9.17) is 14.9 Å². The molecule has 0 aromatic carbocycles. The van der Waals surface area contributed by atoms with Gasteiger partial charge in [0, 0.05) is 13.2 Å². The monoisotopic (exact) mass is 214 g/mol. The van der Waals surface area contributed by atoms with Crippen LogP contribution in [-0.2, 0) is 14.3 Å². The summed E-state index contributed by atoms with van der Waals surface area (Å²) in [6.07, 6.45) is 2.09. The van der Waals surface area contributed by atoms with Gasteiger partial charge in [0.15, 0.2) is 5.41 Å². The van der Waals surface area contributed by atoms with Crippen molar-refractivity contribution in [1.29, 1.82) is 0 Å². The van der Waals surface area contributed by atoms with Crippen LogP contribution in [0, 0.1) is 10.8 Å². The van der Waals surface area contributed by atoms with E-state index < -0.39 is 17.4 Å². The van der Waals surface area contributed by atoms with Gasteiger partial charge in [-0.1, -0.05) is 0 Å². The van der Waals surface area contributed by atoms with Crippen LogP contribution in [0.5, 0.6) is 0 Å². The van der Waals surface area contributed by atoms with E-state index in [-0.39, 0.29) is 18.3 Å². The molecule has 2 N–H and O–H groups in total. The molecule has 0 aromatic rings. The van der Waals surface area contributed by atoms with Gasteiger partial charge in [0.2, 0.25) is 0 Å². The molecule has 0 bridgehead atoms. The summed E-state index contributed by atoms with van der Waals surface area (Å²) in [5.74, 6) is -2.40. The van der Waals surface area contributed by atoms with Gasteiger partial charge >= 0.3 is 11.9 Å². The van der Waals surface area contributed by atoms with Gasteiger partial charge in [-0.2, -0.15) is 0 Å². The topological polar surface area (TPSA) is 83.8 Å². The zero-order chi connectivity index (χ0) is 11.1. The quantitative estimate of drug-likeness (QED) is 0.662. The molecule has 5 nitrogen and oxygen atoms in total. The van der Waals surface area contributed by atoms with E-state index in [0.29, 0.717) is 13.2 Å². The SMILES string of the molecule is O=C(O)C1(C(=O)O)CC2(CCOCC2)C1.